The van der Waals surface area contributed by atoms with Crippen molar-refractivity contribution < 1.29 is 19.1 Å². The van der Waals surface area contributed by atoms with Gasteiger partial charge in [0.15, 0.2) is 0 Å². The van der Waals surface area contributed by atoms with Crippen molar-refractivity contribution in [2.75, 3.05) is 37.2 Å². The first-order valence-electron chi connectivity index (χ1n) is 12.5. The molecule has 0 N–H and O–H groups in total. The third-order valence-electron chi connectivity index (χ3n) is 6.84. The number of thioether (sulfide) groups is 6. The van der Waals surface area contributed by atoms with Gasteiger partial charge in [-0.3, -0.25) is 0 Å². The summed E-state index contributed by atoms with van der Waals surface area (Å²) in [6.07, 6.45) is 9.83. The van der Waals surface area contributed by atoms with Gasteiger partial charge in [0.2, 0.25) is 0 Å². The molecule has 1 aliphatic carbocycles. The molecule has 2 aliphatic heterocycles. The predicted octanol–water partition coefficient (Wildman–Crippen LogP) is 6.84. The van der Waals surface area contributed by atoms with E-state index in [9.17, 15) is 9.59 Å². The van der Waals surface area contributed by atoms with Gasteiger partial charge in [0.05, 0.1) is 9.16 Å². The molecule has 2 saturated heterocycles. The van der Waals surface area contributed by atoms with Gasteiger partial charge in [-0.2, -0.15) is 23.5 Å². The second-order valence-electron chi connectivity index (χ2n) is 9.69. The molecule has 4 nitrogen and oxygen atoms in total. The third kappa shape index (κ3) is 8.51. The highest BCUT2D eigenvalue weighted by Crippen LogP contribution is 2.54. The molecule has 1 saturated carbocycles. The Bertz CT molecular complexity index is 728. The van der Waals surface area contributed by atoms with E-state index in [4.69, 9.17) is 9.47 Å². The van der Waals surface area contributed by atoms with Gasteiger partial charge in [0, 0.05) is 43.7 Å². The molecule has 36 heavy (non-hydrogen) atoms. The second kappa shape index (κ2) is 15.3. The molecule has 3 rings (SSSR count). The summed E-state index contributed by atoms with van der Waals surface area (Å²) in [6.45, 7) is 11.8. The lowest BCUT2D eigenvalue weighted by Gasteiger charge is -2.43. The van der Waals surface area contributed by atoms with Crippen molar-refractivity contribution >= 4 is 82.5 Å². The molecule has 8 atom stereocenters. The van der Waals surface area contributed by atoms with E-state index in [1.807, 2.05) is 47.0 Å². The molecule has 0 aromatic heterocycles. The Labute approximate surface area is 243 Å². The molecule has 0 aromatic carbocycles. The van der Waals surface area contributed by atoms with Crippen LogP contribution in [0.15, 0.2) is 24.3 Å². The summed E-state index contributed by atoms with van der Waals surface area (Å²) in [6, 6.07) is 0. The van der Waals surface area contributed by atoms with E-state index in [1.165, 1.54) is 25.7 Å². The van der Waals surface area contributed by atoms with Crippen molar-refractivity contribution in [3.8, 4) is 0 Å². The number of carbonyl (C=O) groups excluding carboxylic acids is 2. The zero-order valence-corrected chi connectivity index (χ0v) is 26.7. The van der Waals surface area contributed by atoms with Crippen molar-refractivity contribution in [3.05, 3.63) is 24.3 Å². The number of carbonyl (C=O) groups is 2. The van der Waals surface area contributed by atoms with Crippen LogP contribution in [-0.4, -0.2) is 79.3 Å². The minimum atomic E-state index is -0.278. The van der Waals surface area contributed by atoms with Gasteiger partial charge in [-0.1, -0.05) is 26.0 Å². The van der Waals surface area contributed by atoms with Crippen molar-refractivity contribution in [1.82, 2.24) is 0 Å². The van der Waals surface area contributed by atoms with Crippen LogP contribution in [0.25, 0.3) is 0 Å². The van der Waals surface area contributed by atoms with Gasteiger partial charge >= 0.3 is 11.9 Å². The summed E-state index contributed by atoms with van der Waals surface area (Å²) in [5, 5.41) is 1.93. The summed E-state index contributed by atoms with van der Waals surface area (Å²) < 4.78 is 12.0. The van der Waals surface area contributed by atoms with E-state index in [0.717, 1.165) is 11.5 Å². The minimum absolute atomic E-state index is 0.278. The fourth-order valence-electron chi connectivity index (χ4n) is 5.02. The Hall–Kier alpha value is 0.520. The SMILES string of the molecule is C=C(C)C(=O)OCC1CSC(C(SC)C2CCCCC2C(SC)C2SCC(COC(=O)C(=C)C)S2)S1. The smallest absolute Gasteiger partial charge is 0.333 e. The van der Waals surface area contributed by atoms with Crippen LogP contribution in [0.5, 0.6) is 0 Å². The standard InChI is InChI=1S/C26H40O4S6/c1-15(2)23(27)29-11-17-13-33-25(35-17)21(31-5)19-9-7-8-10-20(19)22(32-6)26-34-14-18(36-26)12-30-24(28)16(3)4/h17-22,25-26H,1,3,7-14H2,2,4-6H3. The molecule has 3 aliphatic rings. The average Bonchev–Trinajstić information content (AvgIpc) is 3.53. The van der Waals surface area contributed by atoms with E-state index in [2.05, 4.69) is 49.2 Å². The van der Waals surface area contributed by atoms with Crippen molar-refractivity contribution in [2.45, 2.75) is 69.7 Å². The van der Waals surface area contributed by atoms with Crippen LogP contribution in [0.3, 0.4) is 0 Å². The molecule has 204 valence electrons. The lowest BCUT2D eigenvalue weighted by molar-refractivity contribution is -0.139. The Kier molecular flexibility index (Phi) is 13.2. The zero-order chi connectivity index (χ0) is 26.2. The van der Waals surface area contributed by atoms with E-state index in [-0.39, 0.29) is 11.9 Å². The number of ether oxygens (including phenoxy) is 2. The van der Waals surface area contributed by atoms with Gasteiger partial charge in [-0.15, -0.1) is 47.0 Å². The number of hydrogen-bond acceptors (Lipinski definition) is 10. The zero-order valence-electron chi connectivity index (χ0n) is 21.8. The predicted molar refractivity (Wildman–Crippen MR) is 167 cm³/mol. The molecule has 0 bridgehead atoms. The van der Waals surface area contributed by atoms with E-state index < -0.39 is 0 Å². The normalized spacial score (nSPS) is 32.0. The van der Waals surface area contributed by atoms with E-state index >= 15 is 0 Å². The Morgan fingerprint density at radius 1 is 0.806 bits per heavy atom. The highest BCUT2D eigenvalue weighted by atomic mass is 32.2. The highest BCUT2D eigenvalue weighted by Gasteiger charge is 2.45. The highest BCUT2D eigenvalue weighted by molar-refractivity contribution is 8.22. The fourth-order valence-corrected chi connectivity index (χ4v) is 15.7. The van der Waals surface area contributed by atoms with E-state index in [0.29, 0.717) is 66.4 Å². The van der Waals surface area contributed by atoms with Crippen LogP contribution >= 0.6 is 70.6 Å². The molecule has 0 aromatic rings. The summed E-state index contributed by atoms with van der Waals surface area (Å²) in [7, 11) is 0. The topological polar surface area (TPSA) is 52.6 Å². The maximum Gasteiger partial charge on any atom is 0.333 e. The Morgan fingerprint density at radius 3 is 1.53 bits per heavy atom. The van der Waals surface area contributed by atoms with Crippen LogP contribution in [0.1, 0.15) is 39.5 Å². The molecule has 2 heterocycles. The van der Waals surface area contributed by atoms with Crippen molar-refractivity contribution in [3.63, 3.8) is 0 Å². The molecular weight excluding hydrogens is 569 g/mol. The Balaban J connectivity index is 1.60. The van der Waals surface area contributed by atoms with Crippen molar-refractivity contribution in [1.29, 1.82) is 0 Å². The molecule has 0 radical (unpaired) electrons. The first-order valence-corrected chi connectivity index (χ1v) is 19.1. The summed E-state index contributed by atoms with van der Waals surface area (Å²) >= 11 is 12.2. The summed E-state index contributed by atoms with van der Waals surface area (Å²) in [4.78, 5) is 23.7. The lowest BCUT2D eigenvalue weighted by Crippen LogP contribution is -2.41. The second-order valence-corrected chi connectivity index (χ2v) is 17.6. The summed E-state index contributed by atoms with van der Waals surface area (Å²) in [5.41, 5.74) is 0.937. The van der Waals surface area contributed by atoms with Crippen LogP contribution < -0.4 is 0 Å². The molecule has 10 heteroatoms. The van der Waals surface area contributed by atoms with Gasteiger partial charge < -0.3 is 9.47 Å². The van der Waals surface area contributed by atoms with Crippen LogP contribution in [0.4, 0.5) is 0 Å². The molecule has 3 fully saturated rings. The fraction of sp³-hybridized carbons (Fsp3) is 0.769. The number of esters is 2. The number of hydrogen-bond donors (Lipinski definition) is 0. The third-order valence-corrected chi connectivity index (χ3v) is 16.7. The van der Waals surface area contributed by atoms with Gasteiger partial charge in [0.25, 0.3) is 0 Å². The molecular formula is C26H40O4S6. The molecule has 0 spiro atoms. The first-order chi connectivity index (χ1) is 17.2. The quantitative estimate of drug-likeness (QED) is 0.174. The van der Waals surface area contributed by atoms with Crippen molar-refractivity contribution in [2.24, 2.45) is 11.8 Å². The van der Waals surface area contributed by atoms with Gasteiger partial charge in [-0.05, 0) is 51.0 Å². The lowest BCUT2D eigenvalue weighted by atomic mass is 9.76. The van der Waals surface area contributed by atoms with Crippen LogP contribution in [0, 0.1) is 11.8 Å². The largest absolute Gasteiger partial charge is 0.461 e. The van der Waals surface area contributed by atoms with Gasteiger partial charge in [-0.25, -0.2) is 9.59 Å². The monoisotopic (exact) mass is 608 g/mol. The van der Waals surface area contributed by atoms with Gasteiger partial charge in [0.1, 0.15) is 13.2 Å². The first kappa shape index (κ1) is 31.1. The maximum absolute atomic E-state index is 11.8. The number of rotatable bonds is 12. The van der Waals surface area contributed by atoms with E-state index in [1.54, 1.807) is 13.8 Å². The average molecular weight is 609 g/mol. The summed E-state index contributed by atoms with van der Waals surface area (Å²) in [5.74, 6) is 2.93. The Morgan fingerprint density at radius 2 is 1.19 bits per heavy atom. The molecule has 8 unspecified atom stereocenters. The van der Waals surface area contributed by atoms with Crippen LogP contribution in [-0.2, 0) is 19.1 Å². The maximum atomic E-state index is 11.8. The van der Waals surface area contributed by atoms with Crippen LogP contribution in [0.2, 0.25) is 0 Å². The molecule has 0 amide bonds. The minimum Gasteiger partial charge on any atom is -0.461 e.